The Labute approximate surface area is 168 Å². The van der Waals surface area contributed by atoms with Gasteiger partial charge in [0.15, 0.2) is 0 Å². The first-order valence-corrected chi connectivity index (χ1v) is 12.1. The van der Waals surface area contributed by atoms with Crippen LogP contribution in [0.15, 0.2) is 40.8 Å². The number of piperidine rings is 3. The molecule has 0 N–H and O–H groups in total. The minimum Gasteiger partial charge on any atom is -0.497 e. The lowest BCUT2D eigenvalue weighted by Gasteiger charge is -2.54. The Bertz CT molecular complexity index is 864. The van der Waals surface area contributed by atoms with Gasteiger partial charge in [-0.1, -0.05) is 18.1 Å². The maximum absolute atomic E-state index is 13.5. The summed E-state index contributed by atoms with van der Waals surface area (Å²) < 4.78 is 34.1. The fourth-order valence-corrected chi connectivity index (χ4v) is 7.80. The standard InChI is InChI=1S/C22H30N2O3S/c1-27-19-7-9-20(10-8-19)28(25,26)24-12-4-5-16-13-17-14-18(22(16)24)15-23-11-3-2-6-21(17)23/h7-10,13,17-18,21-22H,2-6,11-12,14-15H2,1H3/t17-,18-,21+,22+/m0/s1. The van der Waals surface area contributed by atoms with Gasteiger partial charge in [-0.25, -0.2) is 8.42 Å². The smallest absolute Gasteiger partial charge is 0.243 e. The first-order chi connectivity index (χ1) is 13.6. The van der Waals surface area contributed by atoms with Gasteiger partial charge in [0.1, 0.15) is 5.75 Å². The van der Waals surface area contributed by atoms with E-state index < -0.39 is 10.0 Å². The van der Waals surface area contributed by atoms with Gasteiger partial charge >= 0.3 is 0 Å². The zero-order valence-electron chi connectivity index (χ0n) is 16.6. The third-order valence-electron chi connectivity index (χ3n) is 7.28. The zero-order valence-corrected chi connectivity index (χ0v) is 17.4. The van der Waals surface area contributed by atoms with E-state index in [1.54, 1.807) is 31.4 Å². The van der Waals surface area contributed by atoms with Crippen LogP contribution in [0.1, 0.15) is 38.5 Å². The summed E-state index contributed by atoms with van der Waals surface area (Å²) in [4.78, 5) is 3.03. The van der Waals surface area contributed by atoms with E-state index in [2.05, 4.69) is 11.0 Å². The molecule has 3 heterocycles. The zero-order chi connectivity index (χ0) is 19.3. The van der Waals surface area contributed by atoms with Gasteiger partial charge in [0.25, 0.3) is 0 Å². The molecular formula is C22H30N2O3S. The predicted octanol–water partition coefficient (Wildman–Crippen LogP) is 3.28. The molecule has 1 aliphatic carbocycles. The third-order valence-corrected chi connectivity index (χ3v) is 9.17. The Hall–Kier alpha value is -1.37. The quantitative estimate of drug-likeness (QED) is 0.728. The molecule has 3 fully saturated rings. The average molecular weight is 403 g/mol. The lowest BCUT2D eigenvalue weighted by Crippen LogP contribution is -2.59. The van der Waals surface area contributed by atoms with Crippen LogP contribution >= 0.6 is 0 Å². The molecule has 0 unspecified atom stereocenters. The topological polar surface area (TPSA) is 49.9 Å². The van der Waals surface area contributed by atoms with E-state index >= 15 is 0 Å². The minimum atomic E-state index is -3.50. The Kier molecular flexibility index (Phi) is 4.76. The number of hydrogen-bond donors (Lipinski definition) is 0. The summed E-state index contributed by atoms with van der Waals surface area (Å²) in [6, 6.07) is 7.57. The molecule has 4 aliphatic rings. The summed E-state index contributed by atoms with van der Waals surface area (Å²) in [5, 5.41) is 0. The first kappa shape index (κ1) is 18.6. The summed E-state index contributed by atoms with van der Waals surface area (Å²) in [5.41, 5.74) is 1.38. The van der Waals surface area contributed by atoms with Crippen LogP contribution in [0, 0.1) is 11.8 Å². The van der Waals surface area contributed by atoms with E-state index in [1.807, 2.05) is 4.31 Å². The van der Waals surface area contributed by atoms with Gasteiger partial charge in [0.2, 0.25) is 10.0 Å². The molecular weight excluding hydrogens is 372 g/mol. The highest BCUT2D eigenvalue weighted by atomic mass is 32.2. The van der Waals surface area contributed by atoms with Crippen LogP contribution in [0.5, 0.6) is 5.75 Å². The minimum absolute atomic E-state index is 0.0416. The number of hydrogen-bond acceptors (Lipinski definition) is 4. The SMILES string of the molecule is COc1ccc(S(=O)(=O)N2CCCC3=C[C@H]4C[C@@H](CN5CCCC[C@H]45)[C@@H]32)cc1. The van der Waals surface area contributed by atoms with Crippen molar-refractivity contribution in [3.8, 4) is 5.75 Å². The van der Waals surface area contributed by atoms with Gasteiger partial charge in [-0.3, -0.25) is 4.90 Å². The molecule has 6 heteroatoms. The molecule has 5 rings (SSSR count). The lowest BCUT2D eigenvalue weighted by molar-refractivity contribution is 0.0149. The van der Waals surface area contributed by atoms with E-state index in [9.17, 15) is 8.42 Å². The van der Waals surface area contributed by atoms with Crippen molar-refractivity contribution in [2.24, 2.45) is 11.8 Å². The number of benzene rings is 1. The lowest BCUT2D eigenvalue weighted by atomic mass is 9.68. The fraction of sp³-hybridized carbons (Fsp3) is 0.636. The second-order valence-corrected chi connectivity index (χ2v) is 10.7. The van der Waals surface area contributed by atoms with Crippen molar-refractivity contribution >= 4 is 10.0 Å². The van der Waals surface area contributed by atoms with Crippen molar-refractivity contribution in [2.45, 2.75) is 55.5 Å². The molecule has 2 bridgehead atoms. The number of nitrogens with zero attached hydrogens (tertiary/aromatic N) is 2. The van der Waals surface area contributed by atoms with E-state index in [1.165, 1.54) is 31.4 Å². The summed E-state index contributed by atoms with van der Waals surface area (Å²) in [7, 11) is -1.91. The van der Waals surface area contributed by atoms with Gasteiger partial charge < -0.3 is 4.74 Å². The molecule has 4 atom stereocenters. The van der Waals surface area contributed by atoms with Gasteiger partial charge in [-0.2, -0.15) is 4.31 Å². The molecule has 0 radical (unpaired) electrons. The van der Waals surface area contributed by atoms with Crippen LogP contribution in [-0.4, -0.2) is 56.5 Å². The van der Waals surface area contributed by atoms with Crippen LogP contribution in [0.2, 0.25) is 0 Å². The summed E-state index contributed by atoms with van der Waals surface area (Å²) in [6.07, 6.45) is 9.52. The molecule has 0 aromatic heterocycles. The summed E-state index contributed by atoms with van der Waals surface area (Å²) in [6.45, 7) is 2.86. The van der Waals surface area contributed by atoms with Crippen molar-refractivity contribution in [1.82, 2.24) is 9.21 Å². The number of fused-ring (bicyclic) bond motifs is 6. The van der Waals surface area contributed by atoms with Crippen LogP contribution in [0.3, 0.4) is 0 Å². The average Bonchev–Trinajstić information content (AvgIpc) is 2.73. The Morgan fingerprint density at radius 2 is 1.89 bits per heavy atom. The number of rotatable bonds is 3. The van der Waals surface area contributed by atoms with Crippen molar-refractivity contribution < 1.29 is 13.2 Å². The van der Waals surface area contributed by atoms with Crippen molar-refractivity contribution in [3.05, 3.63) is 35.9 Å². The molecule has 3 aliphatic heterocycles. The van der Waals surface area contributed by atoms with E-state index in [0.29, 0.717) is 35.1 Å². The highest BCUT2D eigenvalue weighted by molar-refractivity contribution is 7.89. The second-order valence-electron chi connectivity index (χ2n) is 8.80. The number of methoxy groups -OCH3 is 1. The van der Waals surface area contributed by atoms with Crippen LogP contribution in [0.25, 0.3) is 0 Å². The van der Waals surface area contributed by atoms with Crippen molar-refractivity contribution in [2.75, 3.05) is 26.7 Å². The van der Waals surface area contributed by atoms with Gasteiger partial charge in [0, 0.05) is 19.1 Å². The molecule has 152 valence electrons. The maximum atomic E-state index is 13.5. The monoisotopic (exact) mass is 402 g/mol. The van der Waals surface area contributed by atoms with E-state index in [0.717, 1.165) is 25.8 Å². The highest BCUT2D eigenvalue weighted by Crippen LogP contribution is 2.46. The second kappa shape index (κ2) is 7.15. The largest absolute Gasteiger partial charge is 0.497 e. The molecule has 3 saturated heterocycles. The Morgan fingerprint density at radius 3 is 2.68 bits per heavy atom. The molecule has 28 heavy (non-hydrogen) atoms. The molecule has 1 aromatic carbocycles. The summed E-state index contributed by atoms with van der Waals surface area (Å²) in [5.74, 6) is 1.73. The first-order valence-electron chi connectivity index (χ1n) is 10.7. The van der Waals surface area contributed by atoms with Gasteiger partial charge in [-0.05, 0) is 74.8 Å². The maximum Gasteiger partial charge on any atom is 0.243 e. The normalized spacial score (nSPS) is 33.5. The number of ether oxygens (including phenoxy) is 1. The van der Waals surface area contributed by atoms with E-state index in [4.69, 9.17) is 4.74 Å². The fourth-order valence-electron chi connectivity index (χ4n) is 6.08. The van der Waals surface area contributed by atoms with E-state index in [-0.39, 0.29) is 6.04 Å². The highest BCUT2D eigenvalue weighted by Gasteiger charge is 2.48. The molecule has 5 nitrogen and oxygen atoms in total. The molecule has 0 amide bonds. The van der Waals surface area contributed by atoms with Crippen LogP contribution in [0.4, 0.5) is 0 Å². The molecule has 0 saturated carbocycles. The Morgan fingerprint density at radius 1 is 1.07 bits per heavy atom. The predicted molar refractivity (Wildman–Crippen MR) is 109 cm³/mol. The third kappa shape index (κ3) is 3.01. The molecule has 0 spiro atoms. The molecule has 1 aromatic rings. The van der Waals surface area contributed by atoms with Crippen LogP contribution in [-0.2, 0) is 10.0 Å². The van der Waals surface area contributed by atoms with Crippen LogP contribution < -0.4 is 4.74 Å². The van der Waals surface area contributed by atoms with Gasteiger partial charge in [0.05, 0.1) is 18.0 Å². The van der Waals surface area contributed by atoms with Gasteiger partial charge in [-0.15, -0.1) is 0 Å². The van der Waals surface area contributed by atoms with Crippen molar-refractivity contribution in [1.29, 1.82) is 0 Å². The van der Waals surface area contributed by atoms with Crippen molar-refractivity contribution in [3.63, 3.8) is 0 Å². The Balaban J connectivity index is 1.48. The summed E-state index contributed by atoms with van der Waals surface area (Å²) >= 11 is 0. The number of sulfonamides is 1.